The molecule has 0 aromatic heterocycles. The van der Waals surface area contributed by atoms with Crippen LogP contribution in [0, 0.1) is 0 Å². The Morgan fingerprint density at radius 1 is 0.690 bits per heavy atom. The fourth-order valence-electron chi connectivity index (χ4n) is 1.78. The van der Waals surface area contributed by atoms with Gasteiger partial charge in [0.05, 0.1) is 0 Å². The number of rotatable bonds is 10. The van der Waals surface area contributed by atoms with Crippen LogP contribution in [-0.2, 0) is 10.1 Å². The average molecular weight is 488 g/mol. The van der Waals surface area contributed by atoms with Crippen LogP contribution < -0.4 is 0 Å². The molecule has 0 saturated heterocycles. The average Bonchev–Trinajstić information content (AvgIpc) is 2.48. The maximum Gasteiger partial charge on any atom is 0.438 e. The van der Waals surface area contributed by atoms with Crippen molar-refractivity contribution in [2.24, 2.45) is 0 Å². The molecule has 29 heavy (non-hydrogen) atoms. The second-order valence-corrected chi connectivity index (χ2v) is 7.13. The van der Waals surface area contributed by atoms with Crippen molar-refractivity contribution < 1.29 is 74.4 Å². The summed E-state index contributed by atoms with van der Waals surface area (Å²) in [5, 5.41) is -7.40. The van der Waals surface area contributed by atoms with Crippen LogP contribution in [0.3, 0.4) is 0 Å². The topological polar surface area (TPSA) is 54.4 Å². The van der Waals surface area contributed by atoms with Crippen LogP contribution in [0.25, 0.3) is 0 Å². The van der Waals surface area contributed by atoms with Gasteiger partial charge in [0, 0.05) is 6.42 Å². The highest BCUT2D eigenvalue weighted by atomic mass is 32.2. The molecule has 1 unspecified atom stereocenters. The molecule has 0 saturated carbocycles. The zero-order chi connectivity index (χ0) is 23.9. The Labute approximate surface area is 152 Å². The maximum absolute atomic E-state index is 13.3. The van der Waals surface area contributed by atoms with E-state index in [1.807, 2.05) is 0 Å². The van der Waals surface area contributed by atoms with Gasteiger partial charge in [0.15, 0.2) is 6.17 Å². The third-order valence-electron chi connectivity index (χ3n) is 3.46. The Balaban J connectivity index is 5.81. The van der Waals surface area contributed by atoms with E-state index in [0.29, 0.717) is 0 Å². The van der Waals surface area contributed by atoms with Gasteiger partial charge < -0.3 is 0 Å². The SMILES string of the molecule is O=S(=O)(O)C(F)(F)C(F)(F)C(F)(F)C(F)(F)C(F)(F)C(F)CCCCC(F)(F)F. The molecule has 1 N–H and O–H groups in total. The minimum atomic E-state index is -7.95. The smallest absolute Gasteiger partial charge is 0.281 e. The zero-order valence-corrected chi connectivity index (χ0v) is 14.2. The van der Waals surface area contributed by atoms with E-state index in [4.69, 9.17) is 4.55 Å². The third-order valence-corrected chi connectivity index (χ3v) is 4.36. The number of hydrogen-bond acceptors (Lipinski definition) is 2. The Kier molecular flexibility index (Phi) is 7.59. The molecule has 0 spiro atoms. The predicted octanol–water partition coefficient (Wildman–Crippen LogP) is 5.47. The summed E-state index contributed by atoms with van der Waals surface area (Å²) in [4.78, 5) is 0. The van der Waals surface area contributed by atoms with E-state index in [0.717, 1.165) is 0 Å². The van der Waals surface area contributed by atoms with Gasteiger partial charge in [-0.2, -0.15) is 65.5 Å². The van der Waals surface area contributed by atoms with Crippen LogP contribution in [0.1, 0.15) is 25.7 Å². The van der Waals surface area contributed by atoms with Crippen molar-refractivity contribution in [3.05, 3.63) is 0 Å². The summed E-state index contributed by atoms with van der Waals surface area (Å²) >= 11 is 0. The zero-order valence-electron chi connectivity index (χ0n) is 13.4. The molecular weight excluding hydrogens is 478 g/mol. The molecule has 0 radical (unpaired) electrons. The molecule has 0 aliphatic carbocycles. The highest BCUT2D eigenvalue weighted by Crippen LogP contribution is 2.59. The van der Waals surface area contributed by atoms with Crippen molar-refractivity contribution in [1.29, 1.82) is 0 Å². The number of alkyl halides is 14. The van der Waals surface area contributed by atoms with Gasteiger partial charge in [-0.15, -0.1) is 0 Å². The Bertz CT molecular complexity index is 669. The molecule has 0 aliphatic rings. The lowest BCUT2D eigenvalue weighted by Gasteiger charge is -2.39. The van der Waals surface area contributed by atoms with Crippen LogP contribution in [0.5, 0.6) is 0 Å². The molecule has 0 bridgehead atoms. The van der Waals surface area contributed by atoms with Crippen molar-refractivity contribution in [3.8, 4) is 0 Å². The molecular formula is C11H10F14O3S. The van der Waals surface area contributed by atoms with E-state index < -0.39 is 77.1 Å². The number of unbranched alkanes of at least 4 members (excludes halogenated alkanes) is 1. The minimum Gasteiger partial charge on any atom is -0.281 e. The van der Waals surface area contributed by atoms with Crippen molar-refractivity contribution in [2.75, 3.05) is 0 Å². The monoisotopic (exact) mass is 488 g/mol. The first-order chi connectivity index (χ1) is 12.4. The van der Waals surface area contributed by atoms with Gasteiger partial charge in [-0.05, 0) is 19.3 Å². The van der Waals surface area contributed by atoms with Crippen LogP contribution >= 0.6 is 0 Å². The van der Waals surface area contributed by atoms with Gasteiger partial charge in [0.1, 0.15) is 0 Å². The van der Waals surface area contributed by atoms with E-state index in [-0.39, 0.29) is 0 Å². The first-order valence-electron chi connectivity index (χ1n) is 6.95. The Hall–Kier alpha value is -1.07. The van der Waals surface area contributed by atoms with Gasteiger partial charge in [-0.1, -0.05) is 0 Å². The quantitative estimate of drug-likeness (QED) is 0.252. The predicted molar refractivity (Wildman–Crippen MR) is 65.7 cm³/mol. The number of halogens is 14. The molecule has 0 rings (SSSR count). The van der Waals surface area contributed by atoms with E-state index >= 15 is 0 Å². The largest absolute Gasteiger partial charge is 0.438 e. The van der Waals surface area contributed by atoms with E-state index in [2.05, 4.69) is 0 Å². The lowest BCUT2D eigenvalue weighted by molar-refractivity contribution is -0.397. The van der Waals surface area contributed by atoms with Gasteiger partial charge in [-0.3, -0.25) is 4.55 Å². The molecule has 3 nitrogen and oxygen atoms in total. The summed E-state index contributed by atoms with van der Waals surface area (Å²) in [6.07, 6.45) is -15.5. The summed E-state index contributed by atoms with van der Waals surface area (Å²) < 4.78 is 209. The summed E-state index contributed by atoms with van der Waals surface area (Å²) in [6.45, 7) is 0. The maximum atomic E-state index is 13.3. The summed E-state index contributed by atoms with van der Waals surface area (Å²) in [6, 6.07) is 0. The van der Waals surface area contributed by atoms with Gasteiger partial charge >= 0.3 is 45.2 Å². The third kappa shape index (κ3) is 4.99. The lowest BCUT2D eigenvalue weighted by Crippen LogP contribution is -2.70. The molecule has 0 aliphatic heterocycles. The normalized spacial score (nSPS) is 16.8. The van der Waals surface area contributed by atoms with Crippen LogP contribution in [0.15, 0.2) is 0 Å². The standard InChI is InChI=1S/C11H10F14O3S/c12-5(3-1-2-4-6(13,14)15)7(16,17)8(18,19)9(20,21)10(22,23)11(24,25)29(26,27)28/h5H,1-4H2,(H,26,27,28). The Morgan fingerprint density at radius 3 is 1.45 bits per heavy atom. The van der Waals surface area contributed by atoms with E-state index in [1.54, 1.807) is 0 Å². The van der Waals surface area contributed by atoms with Gasteiger partial charge in [0.2, 0.25) is 0 Å². The highest BCUT2D eigenvalue weighted by molar-refractivity contribution is 7.87. The highest BCUT2D eigenvalue weighted by Gasteiger charge is 2.89. The summed E-state index contributed by atoms with van der Waals surface area (Å²) in [5.74, 6) is -30.3. The van der Waals surface area contributed by atoms with E-state index in [1.165, 1.54) is 0 Å². The lowest BCUT2D eigenvalue weighted by atomic mass is 9.93. The summed E-state index contributed by atoms with van der Waals surface area (Å²) in [7, 11) is -7.54. The van der Waals surface area contributed by atoms with Crippen molar-refractivity contribution in [2.45, 2.75) is 67.0 Å². The molecule has 1 atom stereocenters. The van der Waals surface area contributed by atoms with Crippen LogP contribution in [0.2, 0.25) is 0 Å². The second-order valence-electron chi connectivity index (χ2n) is 5.67. The molecule has 0 heterocycles. The molecule has 0 aromatic carbocycles. The van der Waals surface area contributed by atoms with Crippen molar-refractivity contribution >= 4 is 10.1 Å². The Morgan fingerprint density at radius 2 is 1.10 bits per heavy atom. The summed E-state index contributed by atoms with van der Waals surface area (Å²) in [5.41, 5.74) is 0. The fraction of sp³-hybridized carbons (Fsp3) is 1.00. The van der Waals surface area contributed by atoms with Crippen molar-refractivity contribution in [1.82, 2.24) is 0 Å². The van der Waals surface area contributed by atoms with Gasteiger partial charge in [-0.25, -0.2) is 4.39 Å². The van der Waals surface area contributed by atoms with Crippen LogP contribution in [0.4, 0.5) is 61.5 Å². The van der Waals surface area contributed by atoms with Gasteiger partial charge in [0.25, 0.3) is 0 Å². The second kappa shape index (κ2) is 7.88. The van der Waals surface area contributed by atoms with Crippen molar-refractivity contribution in [3.63, 3.8) is 0 Å². The number of hydrogen-bond donors (Lipinski definition) is 1. The molecule has 0 aromatic rings. The molecule has 0 fully saturated rings. The van der Waals surface area contributed by atoms with E-state index in [9.17, 15) is 69.9 Å². The molecule has 18 heteroatoms. The first-order valence-corrected chi connectivity index (χ1v) is 8.39. The first kappa shape index (κ1) is 27.9. The molecule has 0 amide bonds. The fourth-order valence-corrected chi connectivity index (χ4v) is 2.23. The molecule has 176 valence electrons. The minimum absolute atomic E-state index is 1.15. The van der Waals surface area contributed by atoms with Crippen LogP contribution in [-0.4, -0.2) is 54.3 Å².